The molecule has 27 heavy (non-hydrogen) atoms. The first kappa shape index (κ1) is 17.3. The molecule has 2 aromatic heterocycles. The number of H-pyrrole nitrogens is 1. The van der Waals surface area contributed by atoms with Gasteiger partial charge >= 0.3 is 0 Å². The SMILES string of the molecule is CC(C)c1nc2cc(F)ccc2n1Cc1cc(=O)[nH]c2c(F)c(F)ccc12. The molecule has 0 amide bonds. The second-order valence-electron chi connectivity index (χ2n) is 6.79. The topological polar surface area (TPSA) is 50.7 Å². The number of pyridine rings is 1. The van der Waals surface area contributed by atoms with Crippen LogP contribution in [0, 0.1) is 17.5 Å². The van der Waals surface area contributed by atoms with Crippen molar-refractivity contribution >= 4 is 21.9 Å². The van der Waals surface area contributed by atoms with Crippen LogP contribution < -0.4 is 5.56 Å². The largest absolute Gasteiger partial charge is 0.323 e. The van der Waals surface area contributed by atoms with Gasteiger partial charge in [-0.1, -0.05) is 13.8 Å². The number of benzene rings is 2. The number of halogens is 3. The van der Waals surface area contributed by atoms with Gasteiger partial charge in [-0.25, -0.2) is 18.2 Å². The zero-order valence-corrected chi connectivity index (χ0v) is 14.7. The average molecular weight is 371 g/mol. The molecule has 0 aliphatic heterocycles. The Morgan fingerprint density at radius 1 is 1.11 bits per heavy atom. The maximum Gasteiger partial charge on any atom is 0.248 e. The van der Waals surface area contributed by atoms with Crippen LogP contribution in [0.15, 0.2) is 41.2 Å². The molecular formula is C20H16F3N3O. The van der Waals surface area contributed by atoms with Crippen molar-refractivity contribution in [3.8, 4) is 0 Å². The van der Waals surface area contributed by atoms with Gasteiger partial charge in [0.2, 0.25) is 5.56 Å². The van der Waals surface area contributed by atoms with Gasteiger partial charge in [0.25, 0.3) is 0 Å². The van der Waals surface area contributed by atoms with Crippen LogP contribution in [0.25, 0.3) is 21.9 Å². The van der Waals surface area contributed by atoms with E-state index < -0.39 is 17.2 Å². The minimum Gasteiger partial charge on any atom is -0.323 e. The number of aromatic amines is 1. The number of hydrogen-bond donors (Lipinski definition) is 1. The smallest absolute Gasteiger partial charge is 0.248 e. The highest BCUT2D eigenvalue weighted by molar-refractivity contribution is 5.83. The number of imidazole rings is 1. The minimum atomic E-state index is -1.09. The first-order valence-corrected chi connectivity index (χ1v) is 8.50. The molecule has 0 unspecified atom stereocenters. The van der Waals surface area contributed by atoms with Gasteiger partial charge in [0.05, 0.1) is 23.1 Å². The molecule has 0 atom stereocenters. The summed E-state index contributed by atoms with van der Waals surface area (Å²) in [6.07, 6.45) is 0. The third-order valence-corrected chi connectivity index (χ3v) is 4.58. The maximum atomic E-state index is 14.1. The van der Waals surface area contributed by atoms with E-state index in [1.807, 2.05) is 18.4 Å². The van der Waals surface area contributed by atoms with Crippen LogP contribution in [0.1, 0.15) is 31.2 Å². The van der Waals surface area contributed by atoms with Gasteiger partial charge in [0, 0.05) is 23.4 Å². The van der Waals surface area contributed by atoms with Gasteiger partial charge in [0.1, 0.15) is 11.6 Å². The molecule has 2 heterocycles. The van der Waals surface area contributed by atoms with Crippen LogP contribution in [-0.2, 0) is 6.54 Å². The molecule has 138 valence electrons. The molecule has 2 aromatic carbocycles. The normalized spacial score (nSPS) is 11.8. The first-order valence-electron chi connectivity index (χ1n) is 8.50. The molecule has 0 radical (unpaired) electrons. The summed E-state index contributed by atoms with van der Waals surface area (Å²) in [5.41, 5.74) is 1.04. The van der Waals surface area contributed by atoms with Gasteiger partial charge in [-0.3, -0.25) is 4.79 Å². The summed E-state index contributed by atoms with van der Waals surface area (Å²) in [5.74, 6) is -1.74. The molecule has 1 N–H and O–H groups in total. The van der Waals surface area contributed by atoms with E-state index in [1.54, 1.807) is 6.07 Å². The van der Waals surface area contributed by atoms with Crippen LogP contribution in [-0.4, -0.2) is 14.5 Å². The third-order valence-electron chi connectivity index (χ3n) is 4.58. The zero-order valence-electron chi connectivity index (χ0n) is 14.7. The molecular weight excluding hydrogens is 355 g/mol. The minimum absolute atomic E-state index is 0.0444. The lowest BCUT2D eigenvalue weighted by Crippen LogP contribution is -2.12. The summed E-state index contributed by atoms with van der Waals surface area (Å²) >= 11 is 0. The van der Waals surface area contributed by atoms with Crippen molar-refractivity contribution in [1.29, 1.82) is 0 Å². The van der Waals surface area contributed by atoms with E-state index >= 15 is 0 Å². The molecule has 0 bridgehead atoms. The lowest BCUT2D eigenvalue weighted by molar-refractivity contribution is 0.515. The van der Waals surface area contributed by atoms with E-state index in [0.29, 0.717) is 27.8 Å². The summed E-state index contributed by atoms with van der Waals surface area (Å²) in [6, 6.07) is 8.15. The molecule has 0 saturated carbocycles. The zero-order chi connectivity index (χ0) is 19.3. The van der Waals surface area contributed by atoms with Gasteiger partial charge in [-0.15, -0.1) is 0 Å². The van der Waals surface area contributed by atoms with Crippen LogP contribution >= 0.6 is 0 Å². The Labute approximate surface area is 152 Å². The van der Waals surface area contributed by atoms with Crippen LogP contribution in [0.4, 0.5) is 13.2 Å². The number of nitrogens with one attached hydrogen (secondary N) is 1. The lowest BCUT2D eigenvalue weighted by Gasteiger charge is -2.13. The molecule has 4 aromatic rings. The monoisotopic (exact) mass is 371 g/mol. The van der Waals surface area contributed by atoms with E-state index in [9.17, 15) is 18.0 Å². The Bertz CT molecular complexity index is 1240. The number of fused-ring (bicyclic) bond motifs is 2. The van der Waals surface area contributed by atoms with Crippen molar-refractivity contribution in [1.82, 2.24) is 14.5 Å². The number of rotatable bonds is 3. The quantitative estimate of drug-likeness (QED) is 0.578. The van der Waals surface area contributed by atoms with Crippen molar-refractivity contribution in [2.75, 3.05) is 0 Å². The lowest BCUT2D eigenvalue weighted by atomic mass is 10.1. The second kappa shape index (κ2) is 6.26. The van der Waals surface area contributed by atoms with Crippen LogP contribution in [0.5, 0.6) is 0 Å². The number of hydrogen-bond acceptors (Lipinski definition) is 2. The fourth-order valence-electron chi connectivity index (χ4n) is 3.37. The van der Waals surface area contributed by atoms with Crippen LogP contribution in [0.2, 0.25) is 0 Å². The molecule has 0 aliphatic rings. The van der Waals surface area contributed by atoms with E-state index in [1.165, 1.54) is 24.3 Å². The fraction of sp³-hybridized carbons (Fsp3) is 0.200. The fourth-order valence-corrected chi connectivity index (χ4v) is 3.37. The average Bonchev–Trinajstić information content (AvgIpc) is 2.96. The van der Waals surface area contributed by atoms with Gasteiger partial charge in [-0.2, -0.15) is 0 Å². The number of nitrogens with zero attached hydrogens (tertiary/aromatic N) is 2. The Balaban J connectivity index is 1.96. The first-order chi connectivity index (χ1) is 12.8. The summed E-state index contributed by atoms with van der Waals surface area (Å²) in [6.45, 7) is 4.14. The summed E-state index contributed by atoms with van der Waals surface area (Å²) in [5, 5.41) is 0.409. The molecule has 4 rings (SSSR count). The van der Waals surface area contributed by atoms with Crippen LogP contribution in [0.3, 0.4) is 0 Å². The highest BCUT2D eigenvalue weighted by Gasteiger charge is 2.17. The Morgan fingerprint density at radius 2 is 1.89 bits per heavy atom. The molecule has 0 fully saturated rings. The van der Waals surface area contributed by atoms with Gasteiger partial charge in [-0.05, 0) is 29.8 Å². The van der Waals surface area contributed by atoms with E-state index in [0.717, 1.165) is 6.07 Å². The molecule has 7 heteroatoms. The van der Waals surface area contributed by atoms with E-state index in [-0.39, 0.29) is 23.8 Å². The standard InChI is InChI=1S/C20H16F3N3O/c1-10(2)20-24-15-8-12(21)3-6-16(15)26(20)9-11-7-17(27)25-19-13(11)4-5-14(22)18(19)23/h3-8,10H,9H2,1-2H3,(H,25,27). The van der Waals surface area contributed by atoms with Crippen molar-refractivity contribution in [2.24, 2.45) is 0 Å². The maximum absolute atomic E-state index is 14.1. The third kappa shape index (κ3) is 2.89. The predicted molar refractivity (Wildman–Crippen MR) is 97.4 cm³/mol. The summed E-state index contributed by atoms with van der Waals surface area (Å²) < 4.78 is 43.1. The highest BCUT2D eigenvalue weighted by Crippen LogP contribution is 2.26. The predicted octanol–water partition coefficient (Wildman–Crippen LogP) is 4.47. The second-order valence-corrected chi connectivity index (χ2v) is 6.79. The number of aromatic nitrogens is 3. The van der Waals surface area contributed by atoms with Crippen molar-refractivity contribution in [3.05, 3.63) is 75.6 Å². The highest BCUT2D eigenvalue weighted by atomic mass is 19.2. The Kier molecular flexibility index (Phi) is 4.02. The Morgan fingerprint density at radius 3 is 2.63 bits per heavy atom. The van der Waals surface area contributed by atoms with E-state index in [2.05, 4.69) is 9.97 Å². The van der Waals surface area contributed by atoms with Gasteiger partial charge in [0.15, 0.2) is 11.6 Å². The van der Waals surface area contributed by atoms with Crippen molar-refractivity contribution in [2.45, 2.75) is 26.3 Å². The van der Waals surface area contributed by atoms with Crippen molar-refractivity contribution in [3.63, 3.8) is 0 Å². The summed E-state index contributed by atoms with van der Waals surface area (Å²) in [4.78, 5) is 18.9. The molecule has 0 saturated heterocycles. The summed E-state index contributed by atoms with van der Waals surface area (Å²) in [7, 11) is 0. The molecule has 0 spiro atoms. The van der Waals surface area contributed by atoms with E-state index in [4.69, 9.17) is 0 Å². The molecule has 4 nitrogen and oxygen atoms in total. The van der Waals surface area contributed by atoms with Gasteiger partial charge < -0.3 is 9.55 Å². The molecule has 0 aliphatic carbocycles. The van der Waals surface area contributed by atoms with Crippen molar-refractivity contribution < 1.29 is 13.2 Å². The Hall–Kier alpha value is -3.09.